The van der Waals surface area contributed by atoms with Gasteiger partial charge in [-0.25, -0.2) is 4.79 Å². The molecule has 2 aromatic rings. The molecular formula is C19H21N3O3. The van der Waals surface area contributed by atoms with Crippen LogP contribution in [0.2, 0.25) is 0 Å². The number of hydrogen-bond acceptors (Lipinski definition) is 5. The molecule has 0 aliphatic rings. The molecule has 1 aromatic heterocycles. The topological polar surface area (TPSA) is 83.3 Å². The molecule has 0 aliphatic carbocycles. The highest BCUT2D eigenvalue weighted by molar-refractivity contribution is 5.92. The number of hydrogen-bond donors (Lipinski definition) is 0. The third-order valence-corrected chi connectivity index (χ3v) is 3.46. The van der Waals surface area contributed by atoms with Crippen molar-refractivity contribution in [3.63, 3.8) is 0 Å². The molecule has 0 unspecified atom stereocenters. The Labute approximate surface area is 147 Å². The smallest absolute Gasteiger partial charge is 0.410 e. The number of likely N-dealkylation sites (N-methyl/N-ethyl adjacent to an activating group) is 1. The number of pyridine rings is 1. The van der Waals surface area contributed by atoms with Crippen LogP contribution < -0.4 is 0 Å². The lowest BCUT2D eigenvalue weighted by Crippen LogP contribution is -2.38. The predicted octanol–water partition coefficient (Wildman–Crippen LogP) is 3.28. The van der Waals surface area contributed by atoms with E-state index in [1.54, 1.807) is 26.8 Å². The van der Waals surface area contributed by atoms with E-state index in [1.165, 1.54) is 11.9 Å². The molecule has 130 valence electrons. The van der Waals surface area contributed by atoms with Gasteiger partial charge >= 0.3 is 6.09 Å². The number of carbonyl (C=O) groups is 2. The molecule has 0 N–H and O–H groups in total. The Morgan fingerprint density at radius 3 is 2.56 bits per heavy atom. The summed E-state index contributed by atoms with van der Waals surface area (Å²) in [6, 6.07) is 13.0. The number of fused-ring (bicyclic) bond motifs is 1. The molecule has 0 spiro atoms. The fourth-order valence-corrected chi connectivity index (χ4v) is 2.28. The molecule has 2 rings (SSSR count). The minimum Gasteiger partial charge on any atom is -0.444 e. The van der Waals surface area contributed by atoms with Crippen molar-refractivity contribution in [2.45, 2.75) is 32.3 Å². The van der Waals surface area contributed by atoms with Gasteiger partial charge < -0.3 is 9.64 Å². The molecule has 0 fully saturated rings. The zero-order valence-corrected chi connectivity index (χ0v) is 14.8. The van der Waals surface area contributed by atoms with Gasteiger partial charge in [-0.1, -0.05) is 24.3 Å². The Morgan fingerprint density at radius 2 is 1.92 bits per heavy atom. The van der Waals surface area contributed by atoms with E-state index in [1.807, 2.05) is 36.4 Å². The summed E-state index contributed by atoms with van der Waals surface area (Å²) in [6.07, 6.45) is -0.607. The predicted molar refractivity (Wildman–Crippen MR) is 94.0 cm³/mol. The normalized spacial score (nSPS) is 12.3. The Bertz CT molecular complexity index is 834. The van der Waals surface area contributed by atoms with Crippen LogP contribution in [0.15, 0.2) is 36.4 Å². The number of Topliss-reactive ketones (excluding diaryl/α,β-unsaturated/α-hetero) is 1. The Hall–Kier alpha value is -2.94. The number of para-hydroxylation sites is 1. The van der Waals surface area contributed by atoms with Crippen molar-refractivity contribution in [3.8, 4) is 6.07 Å². The molecule has 1 atom stereocenters. The minimum atomic E-state index is -1.03. The van der Waals surface area contributed by atoms with E-state index >= 15 is 0 Å². The van der Waals surface area contributed by atoms with Gasteiger partial charge in [0.1, 0.15) is 11.5 Å². The zero-order chi connectivity index (χ0) is 18.6. The average molecular weight is 339 g/mol. The van der Waals surface area contributed by atoms with Gasteiger partial charge in [0.15, 0.2) is 5.78 Å². The maximum Gasteiger partial charge on any atom is 0.410 e. The minimum absolute atomic E-state index is 0.221. The number of ketones is 1. The highest BCUT2D eigenvalue weighted by Crippen LogP contribution is 2.19. The number of rotatable bonds is 4. The summed E-state index contributed by atoms with van der Waals surface area (Å²) in [5.74, 6) is -1.44. The van der Waals surface area contributed by atoms with Crippen molar-refractivity contribution in [2.75, 3.05) is 13.6 Å². The van der Waals surface area contributed by atoms with Crippen LogP contribution in [0.3, 0.4) is 0 Å². The maximum absolute atomic E-state index is 12.5. The van der Waals surface area contributed by atoms with Crippen LogP contribution in [0.25, 0.3) is 10.9 Å². The van der Waals surface area contributed by atoms with E-state index in [2.05, 4.69) is 4.98 Å². The number of aromatic nitrogens is 1. The van der Waals surface area contributed by atoms with Crippen molar-refractivity contribution in [1.82, 2.24) is 9.88 Å². The summed E-state index contributed by atoms with van der Waals surface area (Å²) in [5, 5.41) is 10.3. The van der Waals surface area contributed by atoms with E-state index in [0.717, 1.165) is 5.39 Å². The van der Waals surface area contributed by atoms with E-state index in [9.17, 15) is 14.9 Å². The van der Waals surface area contributed by atoms with Gasteiger partial charge in [0.2, 0.25) is 0 Å². The van der Waals surface area contributed by atoms with Crippen LogP contribution in [0.5, 0.6) is 0 Å². The third kappa shape index (κ3) is 4.77. The lowest BCUT2D eigenvalue weighted by molar-refractivity contribution is -0.120. The largest absolute Gasteiger partial charge is 0.444 e. The lowest BCUT2D eigenvalue weighted by atomic mass is 10.00. The SMILES string of the molecule is CN(CC(=O)[C@@H](C#N)c1ccc2ccccc2n1)C(=O)OC(C)(C)C. The standard InChI is InChI=1S/C19H21N3O3/c1-19(2,3)25-18(24)22(4)12-17(23)14(11-20)16-10-9-13-7-5-6-8-15(13)21-16/h5-10,14H,12H2,1-4H3/t14-/m0/s1. The lowest BCUT2D eigenvalue weighted by Gasteiger charge is -2.24. The maximum atomic E-state index is 12.5. The highest BCUT2D eigenvalue weighted by Gasteiger charge is 2.26. The molecule has 0 saturated heterocycles. The molecule has 1 heterocycles. The number of amides is 1. The van der Waals surface area contributed by atoms with Crippen LogP contribution >= 0.6 is 0 Å². The van der Waals surface area contributed by atoms with E-state index < -0.39 is 23.4 Å². The molecule has 1 aromatic carbocycles. The Morgan fingerprint density at radius 1 is 1.24 bits per heavy atom. The molecule has 0 aliphatic heterocycles. The number of ether oxygens (including phenoxy) is 1. The first-order valence-corrected chi connectivity index (χ1v) is 7.93. The number of carbonyl (C=O) groups excluding carboxylic acids is 2. The fourth-order valence-electron chi connectivity index (χ4n) is 2.28. The first-order valence-electron chi connectivity index (χ1n) is 7.93. The summed E-state index contributed by atoms with van der Waals surface area (Å²) < 4.78 is 5.21. The second-order valence-electron chi connectivity index (χ2n) is 6.79. The molecule has 6 nitrogen and oxygen atoms in total. The van der Waals surface area contributed by atoms with Crippen molar-refractivity contribution >= 4 is 22.8 Å². The molecule has 1 amide bonds. The molecular weight excluding hydrogens is 318 g/mol. The Kier molecular flexibility index (Phi) is 5.38. The molecule has 25 heavy (non-hydrogen) atoms. The van der Waals surface area contributed by atoms with Crippen LogP contribution in [0.4, 0.5) is 4.79 Å². The van der Waals surface area contributed by atoms with Crippen molar-refractivity contribution in [3.05, 3.63) is 42.1 Å². The third-order valence-electron chi connectivity index (χ3n) is 3.46. The van der Waals surface area contributed by atoms with Crippen molar-refractivity contribution in [1.29, 1.82) is 5.26 Å². The summed E-state index contributed by atoms with van der Waals surface area (Å²) in [4.78, 5) is 30.0. The van der Waals surface area contributed by atoms with Gasteiger partial charge in [0.05, 0.1) is 23.8 Å². The van der Waals surface area contributed by atoms with Gasteiger partial charge in [-0.2, -0.15) is 5.26 Å². The van der Waals surface area contributed by atoms with Crippen LogP contribution in [0.1, 0.15) is 32.4 Å². The second kappa shape index (κ2) is 7.31. The van der Waals surface area contributed by atoms with Crippen LogP contribution in [-0.2, 0) is 9.53 Å². The van der Waals surface area contributed by atoms with Gasteiger partial charge in [0.25, 0.3) is 0 Å². The van der Waals surface area contributed by atoms with E-state index in [0.29, 0.717) is 11.2 Å². The number of nitrogens with zero attached hydrogens (tertiary/aromatic N) is 3. The van der Waals surface area contributed by atoms with Gasteiger partial charge in [-0.15, -0.1) is 0 Å². The highest BCUT2D eigenvalue weighted by atomic mass is 16.6. The first kappa shape index (κ1) is 18.4. The molecule has 0 saturated carbocycles. The fraction of sp³-hybridized carbons (Fsp3) is 0.368. The monoisotopic (exact) mass is 339 g/mol. The summed E-state index contributed by atoms with van der Waals surface area (Å²) in [5.41, 5.74) is 0.445. The quantitative estimate of drug-likeness (QED) is 0.853. The average Bonchev–Trinajstić information content (AvgIpc) is 2.53. The summed E-state index contributed by atoms with van der Waals surface area (Å²) in [7, 11) is 1.47. The zero-order valence-electron chi connectivity index (χ0n) is 14.8. The number of benzene rings is 1. The first-order chi connectivity index (χ1) is 11.7. The summed E-state index contributed by atoms with van der Waals surface area (Å²) in [6.45, 7) is 5.02. The van der Waals surface area contributed by atoms with Crippen LogP contribution in [-0.4, -0.2) is 41.0 Å². The molecule has 0 bridgehead atoms. The van der Waals surface area contributed by atoms with E-state index in [4.69, 9.17) is 4.74 Å². The Balaban J connectivity index is 2.15. The molecule has 0 radical (unpaired) electrons. The van der Waals surface area contributed by atoms with Crippen molar-refractivity contribution in [2.24, 2.45) is 0 Å². The second-order valence-corrected chi connectivity index (χ2v) is 6.79. The van der Waals surface area contributed by atoms with Crippen molar-refractivity contribution < 1.29 is 14.3 Å². The molecule has 6 heteroatoms. The van der Waals surface area contributed by atoms with Crippen LogP contribution in [0, 0.1) is 11.3 Å². The van der Waals surface area contributed by atoms with E-state index in [-0.39, 0.29) is 6.54 Å². The summed E-state index contributed by atoms with van der Waals surface area (Å²) >= 11 is 0. The van der Waals surface area contributed by atoms with Gasteiger partial charge in [-0.05, 0) is 32.9 Å². The number of nitriles is 1. The van der Waals surface area contributed by atoms with Gasteiger partial charge in [0, 0.05) is 12.4 Å². The van der Waals surface area contributed by atoms with Gasteiger partial charge in [-0.3, -0.25) is 9.78 Å².